The zero-order valence-electron chi connectivity index (χ0n) is 13.8. The Kier molecular flexibility index (Phi) is 5.78. The number of carbonyl (C=O) groups is 2. The van der Waals surface area contributed by atoms with E-state index in [9.17, 15) is 9.59 Å². The van der Waals surface area contributed by atoms with Gasteiger partial charge in [0, 0.05) is 11.8 Å². The average Bonchev–Trinajstić information content (AvgIpc) is 2.61. The first kappa shape index (κ1) is 17.3. The number of carbonyl (C=O) groups excluding carboxylic acids is 2. The molecular weight excluding hydrogens is 310 g/mol. The number of methoxy groups -OCH3 is 2. The summed E-state index contributed by atoms with van der Waals surface area (Å²) in [6.07, 6.45) is 0. The third-order valence-electron chi connectivity index (χ3n) is 3.31. The van der Waals surface area contributed by atoms with Crippen LogP contribution in [0.25, 0.3) is 0 Å². The van der Waals surface area contributed by atoms with Crippen LogP contribution in [-0.2, 0) is 4.74 Å². The summed E-state index contributed by atoms with van der Waals surface area (Å²) in [5.41, 5.74) is 1.37. The minimum Gasteiger partial charge on any atom is -0.497 e. The number of esters is 1. The molecular formula is C18H19NO5. The summed E-state index contributed by atoms with van der Waals surface area (Å²) in [5, 5.41) is 2.76. The van der Waals surface area contributed by atoms with E-state index in [1.807, 2.05) is 0 Å². The Hall–Kier alpha value is -3.02. The predicted molar refractivity (Wildman–Crippen MR) is 89.9 cm³/mol. The van der Waals surface area contributed by atoms with E-state index in [-0.39, 0.29) is 5.91 Å². The van der Waals surface area contributed by atoms with Gasteiger partial charge in [0.1, 0.15) is 11.5 Å². The van der Waals surface area contributed by atoms with E-state index in [1.54, 1.807) is 56.5 Å². The van der Waals surface area contributed by atoms with Crippen molar-refractivity contribution in [2.45, 2.75) is 6.92 Å². The van der Waals surface area contributed by atoms with Gasteiger partial charge in [-0.1, -0.05) is 0 Å². The molecule has 0 saturated carbocycles. The van der Waals surface area contributed by atoms with E-state index < -0.39 is 5.97 Å². The molecule has 0 bridgehead atoms. The van der Waals surface area contributed by atoms with Crippen LogP contribution in [-0.4, -0.2) is 32.7 Å². The molecule has 2 rings (SSSR count). The maximum Gasteiger partial charge on any atom is 0.338 e. The smallest absolute Gasteiger partial charge is 0.338 e. The number of anilines is 1. The lowest BCUT2D eigenvalue weighted by Gasteiger charge is -2.11. The Balaban J connectivity index is 2.13. The fraction of sp³-hybridized carbons (Fsp3) is 0.222. The van der Waals surface area contributed by atoms with Gasteiger partial charge in [0.05, 0.1) is 32.0 Å². The van der Waals surface area contributed by atoms with Crippen LogP contribution >= 0.6 is 0 Å². The van der Waals surface area contributed by atoms with E-state index in [0.717, 1.165) is 0 Å². The van der Waals surface area contributed by atoms with Gasteiger partial charge in [-0.25, -0.2) is 4.79 Å². The number of hydrogen-bond acceptors (Lipinski definition) is 5. The molecule has 0 aliphatic rings. The van der Waals surface area contributed by atoms with E-state index in [4.69, 9.17) is 14.2 Å². The molecule has 0 spiro atoms. The highest BCUT2D eigenvalue weighted by Crippen LogP contribution is 2.25. The molecule has 24 heavy (non-hydrogen) atoms. The zero-order chi connectivity index (χ0) is 17.5. The summed E-state index contributed by atoms with van der Waals surface area (Å²) in [6, 6.07) is 11.4. The molecule has 2 aromatic rings. The lowest BCUT2D eigenvalue weighted by atomic mass is 10.1. The van der Waals surface area contributed by atoms with Gasteiger partial charge < -0.3 is 19.5 Å². The fourth-order valence-corrected chi connectivity index (χ4v) is 2.09. The molecule has 1 amide bonds. The molecule has 2 aromatic carbocycles. The monoisotopic (exact) mass is 329 g/mol. The molecule has 0 unspecified atom stereocenters. The first-order valence-corrected chi connectivity index (χ1v) is 7.39. The SMILES string of the molecule is CCOC(=O)c1ccc(NC(=O)c2ccc(OC)cc2OC)cc1. The quantitative estimate of drug-likeness (QED) is 0.824. The van der Waals surface area contributed by atoms with Gasteiger partial charge in [0.2, 0.25) is 0 Å². The Morgan fingerprint density at radius 3 is 2.29 bits per heavy atom. The standard InChI is InChI=1S/C18H19NO5/c1-4-24-18(21)12-5-7-13(8-6-12)19-17(20)15-10-9-14(22-2)11-16(15)23-3/h5-11H,4H2,1-3H3,(H,19,20). The van der Waals surface area contributed by atoms with Crippen molar-refractivity contribution in [3.05, 3.63) is 53.6 Å². The van der Waals surface area contributed by atoms with Crippen molar-refractivity contribution in [2.24, 2.45) is 0 Å². The number of hydrogen-bond donors (Lipinski definition) is 1. The van der Waals surface area contributed by atoms with Crippen LogP contribution in [0.3, 0.4) is 0 Å². The second kappa shape index (κ2) is 8.01. The normalized spacial score (nSPS) is 9.96. The first-order valence-electron chi connectivity index (χ1n) is 7.39. The summed E-state index contributed by atoms with van der Waals surface area (Å²) in [4.78, 5) is 24.0. The van der Waals surface area contributed by atoms with Crippen molar-refractivity contribution in [3.8, 4) is 11.5 Å². The summed E-state index contributed by atoms with van der Waals surface area (Å²) < 4.78 is 15.2. The second-order valence-corrected chi connectivity index (χ2v) is 4.82. The van der Waals surface area contributed by atoms with Gasteiger partial charge in [-0.15, -0.1) is 0 Å². The lowest BCUT2D eigenvalue weighted by Crippen LogP contribution is -2.13. The van der Waals surface area contributed by atoms with Gasteiger partial charge in [-0.05, 0) is 43.3 Å². The molecule has 1 N–H and O–H groups in total. The van der Waals surface area contributed by atoms with E-state index in [1.165, 1.54) is 7.11 Å². The first-order chi connectivity index (χ1) is 11.6. The van der Waals surface area contributed by atoms with Crippen molar-refractivity contribution in [3.63, 3.8) is 0 Å². The second-order valence-electron chi connectivity index (χ2n) is 4.82. The number of nitrogens with one attached hydrogen (secondary N) is 1. The minimum absolute atomic E-state index is 0.314. The maximum atomic E-state index is 12.4. The van der Waals surface area contributed by atoms with Crippen LogP contribution in [0.15, 0.2) is 42.5 Å². The largest absolute Gasteiger partial charge is 0.497 e. The molecule has 0 saturated heterocycles. The van der Waals surface area contributed by atoms with Crippen LogP contribution in [0.4, 0.5) is 5.69 Å². The summed E-state index contributed by atoms with van der Waals surface area (Å²) in [6.45, 7) is 2.06. The molecule has 0 heterocycles. The van der Waals surface area contributed by atoms with E-state index >= 15 is 0 Å². The van der Waals surface area contributed by atoms with Crippen LogP contribution < -0.4 is 14.8 Å². The average molecular weight is 329 g/mol. The van der Waals surface area contributed by atoms with Crippen molar-refractivity contribution in [2.75, 3.05) is 26.1 Å². The van der Waals surface area contributed by atoms with Gasteiger partial charge in [0.25, 0.3) is 5.91 Å². The Morgan fingerprint density at radius 2 is 1.71 bits per heavy atom. The van der Waals surface area contributed by atoms with Crippen molar-refractivity contribution < 1.29 is 23.8 Å². The van der Waals surface area contributed by atoms with Crippen molar-refractivity contribution in [1.82, 2.24) is 0 Å². The summed E-state index contributed by atoms with van der Waals surface area (Å²) in [7, 11) is 3.03. The predicted octanol–water partition coefficient (Wildman–Crippen LogP) is 3.13. The van der Waals surface area contributed by atoms with Gasteiger partial charge >= 0.3 is 5.97 Å². The molecule has 126 valence electrons. The molecule has 0 fully saturated rings. The van der Waals surface area contributed by atoms with E-state index in [2.05, 4.69) is 5.32 Å². The van der Waals surface area contributed by atoms with Crippen molar-refractivity contribution in [1.29, 1.82) is 0 Å². The Labute approximate surface area is 140 Å². The van der Waals surface area contributed by atoms with Crippen LogP contribution in [0, 0.1) is 0 Å². The van der Waals surface area contributed by atoms with Crippen LogP contribution in [0.2, 0.25) is 0 Å². The van der Waals surface area contributed by atoms with Gasteiger partial charge in [0.15, 0.2) is 0 Å². The molecule has 0 radical (unpaired) electrons. The lowest BCUT2D eigenvalue weighted by molar-refractivity contribution is 0.0526. The number of benzene rings is 2. The summed E-state index contributed by atoms with van der Waals surface area (Å²) in [5.74, 6) is 0.294. The van der Waals surface area contributed by atoms with E-state index in [0.29, 0.717) is 34.9 Å². The zero-order valence-corrected chi connectivity index (χ0v) is 13.8. The highest BCUT2D eigenvalue weighted by atomic mass is 16.5. The number of rotatable bonds is 6. The minimum atomic E-state index is -0.396. The maximum absolute atomic E-state index is 12.4. The molecule has 0 atom stereocenters. The van der Waals surface area contributed by atoms with Gasteiger partial charge in [-0.2, -0.15) is 0 Å². The van der Waals surface area contributed by atoms with Crippen molar-refractivity contribution >= 4 is 17.6 Å². The van der Waals surface area contributed by atoms with Crippen LogP contribution in [0.1, 0.15) is 27.6 Å². The Morgan fingerprint density at radius 1 is 1.00 bits per heavy atom. The third kappa shape index (κ3) is 4.04. The molecule has 0 aromatic heterocycles. The number of amides is 1. The highest BCUT2D eigenvalue weighted by molar-refractivity contribution is 6.06. The summed E-state index contributed by atoms with van der Waals surface area (Å²) >= 11 is 0. The van der Waals surface area contributed by atoms with Gasteiger partial charge in [-0.3, -0.25) is 4.79 Å². The Bertz CT molecular complexity index is 725. The fourth-order valence-electron chi connectivity index (χ4n) is 2.09. The molecule has 0 aliphatic heterocycles. The number of ether oxygens (including phenoxy) is 3. The highest BCUT2D eigenvalue weighted by Gasteiger charge is 2.14. The molecule has 6 nitrogen and oxygen atoms in total. The topological polar surface area (TPSA) is 73.9 Å². The molecule has 0 aliphatic carbocycles. The van der Waals surface area contributed by atoms with Crippen LogP contribution in [0.5, 0.6) is 11.5 Å². The molecule has 6 heteroatoms. The third-order valence-corrected chi connectivity index (χ3v) is 3.31.